The van der Waals surface area contributed by atoms with Gasteiger partial charge >= 0.3 is 11.9 Å². The smallest absolute Gasteiger partial charge is 0.326 e. The fourth-order valence-corrected chi connectivity index (χ4v) is 2.39. The van der Waals surface area contributed by atoms with E-state index in [0.29, 0.717) is 6.42 Å². The van der Waals surface area contributed by atoms with Gasteiger partial charge in [0.15, 0.2) is 0 Å². The molecule has 0 aliphatic rings. The molecule has 0 aromatic rings. The van der Waals surface area contributed by atoms with Crippen molar-refractivity contribution in [2.75, 3.05) is 0 Å². The Morgan fingerprint density at radius 2 is 1.19 bits per heavy atom. The largest absolute Gasteiger partial charge is 0.481 e. The maximum atomic E-state index is 11.7. The Hall–Kier alpha value is 2.41. The fraction of sp³-hybridized carbons (Fsp3) is 0.824. The Kier molecular flexibility index (Phi) is 41.9. The first-order valence-electron chi connectivity index (χ1n) is 8.71. The minimum absolute atomic E-state index is 0. The third kappa shape index (κ3) is 28.4. The maximum absolute atomic E-state index is 11.7. The molecule has 138 valence electrons. The van der Waals surface area contributed by atoms with Gasteiger partial charge in [-0.1, -0.05) is 58.3 Å². The molecular weight excluding hydrogens is 390 g/mol. The van der Waals surface area contributed by atoms with E-state index in [1.54, 1.807) is 0 Å². The zero-order chi connectivity index (χ0) is 17.5. The van der Waals surface area contributed by atoms with Crippen LogP contribution in [0.2, 0.25) is 0 Å². The van der Waals surface area contributed by atoms with Crippen molar-refractivity contribution in [3.05, 3.63) is 0 Å². The summed E-state index contributed by atoms with van der Waals surface area (Å²) in [5, 5.41) is 19.9. The molecule has 3 N–H and O–H groups in total. The number of hydrogen-bond donors (Lipinski definition) is 3. The summed E-state index contributed by atoms with van der Waals surface area (Å²) in [6.07, 6.45) is 10.3. The molecule has 0 fully saturated rings. The van der Waals surface area contributed by atoms with E-state index in [-0.39, 0.29) is 137 Å². The van der Waals surface area contributed by atoms with Crippen molar-refractivity contribution in [1.29, 1.82) is 0 Å². The van der Waals surface area contributed by atoms with E-state index >= 15 is 0 Å². The average Bonchev–Trinajstić information content (AvgIpc) is 2.49. The van der Waals surface area contributed by atoms with Crippen LogP contribution in [-0.2, 0) is 14.4 Å². The van der Waals surface area contributed by atoms with Gasteiger partial charge in [-0.25, -0.2) is 4.79 Å². The molecule has 27 heavy (non-hydrogen) atoms. The standard InChI is InChI=1S/C17H31NO5.4Na/c1-2-3-4-5-6-7-8-9-10-11-15(19)18-14(17(22)23)12-13-16(20)21;;;;/h14H,2-13H2,1H3,(H,18,19)(H,20,21)(H,22,23);;;;/t14-;;;;/m0..../s1. The van der Waals surface area contributed by atoms with Crippen LogP contribution >= 0.6 is 0 Å². The number of carboxylic acids is 2. The molecule has 0 aromatic carbocycles. The Morgan fingerprint density at radius 1 is 0.741 bits per heavy atom. The summed E-state index contributed by atoms with van der Waals surface area (Å²) < 4.78 is 0. The second-order valence-corrected chi connectivity index (χ2v) is 5.97. The van der Waals surface area contributed by atoms with E-state index in [0.717, 1.165) is 19.3 Å². The first-order chi connectivity index (χ1) is 11.0. The summed E-state index contributed by atoms with van der Waals surface area (Å²) in [7, 11) is 0. The van der Waals surface area contributed by atoms with Gasteiger partial charge in [-0.2, -0.15) is 0 Å². The van der Waals surface area contributed by atoms with Crippen LogP contribution in [0.15, 0.2) is 0 Å². The van der Waals surface area contributed by atoms with E-state index in [4.69, 9.17) is 10.2 Å². The summed E-state index contributed by atoms with van der Waals surface area (Å²) in [5.41, 5.74) is 0. The van der Waals surface area contributed by atoms with Crippen LogP contribution in [0.5, 0.6) is 0 Å². The van der Waals surface area contributed by atoms with Gasteiger partial charge in [-0.05, 0) is 12.8 Å². The van der Waals surface area contributed by atoms with Gasteiger partial charge < -0.3 is 15.5 Å². The molecule has 10 heteroatoms. The summed E-state index contributed by atoms with van der Waals surface area (Å²) in [5.74, 6) is -2.57. The number of carboxylic acid groups (broad SMARTS) is 2. The molecule has 0 aliphatic heterocycles. The molecular formula is C17H31NNa4O5. The number of unbranched alkanes of at least 4 members (excludes halogenated alkanes) is 8. The van der Waals surface area contributed by atoms with Gasteiger partial charge in [-0.15, -0.1) is 0 Å². The normalized spacial score (nSPS) is 10.1. The first-order valence-corrected chi connectivity index (χ1v) is 8.71. The van der Waals surface area contributed by atoms with Crippen LogP contribution in [0.25, 0.3) is 0 Å². The van der Waals surface area contributed by atoms with Crippen LogP contribution < -0.4 is 5.32 Å². The van der Waals surface area contributed by atoms with E-state index in [1.165, 1.54) is 38.5 Å². The number of aliphatic carboxylic acids is 2. The van der Waals surface area contributed by atoms with E-state index < -0.39 is 18.0 Å². The van der Waals surface area contributed by atoms with Gasteiger partial charge in [0.1, 0.15) is 6.04 Å². The Morgan fingerprint density at radius 3 is 1.59 bits per heavy atom. The average molecular weight is 421 g/mol. The number of hydrogen-bond acceptors (Lipinski definition) is 3. The minimum Gasteiger partial charge on any atom is -0.481 e. The van der Waals surface area contributed by atoms with Crippen molar-refractivity contribution >= 4 is 136 Å². The molecule has 0 saturated heterocycles. The molecule has 0 saturated carbocycles. The molecule has 0 rings (SSSR count). The zero-order valence-electron chi connectivity index (χ0n) is 18.2. The molecule has 0 bridgehead atoms. The third-order valence-corrected chi connectivity index (χ3v) is 3.79. The molecule has 1 amide bonds. The minimum atomic E-state index is -1.19. The molecule has 1 atom stereocenters. The monoisotopic (exact) mass is 421 g/mol. The summed E-state index contributed by atoms with van der Waals surface area (Å²) in [6, 6.07) is -1.11. The Bertz CT molecular complexity index is 373. The molecule has 0 aromatic heterocycles. The van der Waals surface area contributed by atoms with Crippen LogP contribution in [0.4, 0.5) is 0 Å². The van der Waals surface area contributed by atoms with Crippen LogP contribution in [0, 0.1) is 0 Å². The van der Waals surface area contributed by atoms with Crippen molar-refractivity contribution in [1.82, 2.24) is 5.32 Å². The fourth-order valence-electron chi connectivity index (χ4n) is 2.39. The summed E-state index contributed by atoms with van der Waals surface area (Å²) in [6.45, 7) is 2.20. The summed E-state index contributed by atoms with van der Waals surface area (Å²) in [4.78, 5) is 33.1. The van der Waals surface area contributed by atoms with Gasteiger partial charge in [0.05, 0.1) is 0 Å². The molecule has 0 unspecified atom stereocenters. The van der Waals surface area contributed by atoms with Gasteiger partial charge in [0.25, 0.3) is 0 Å². The SMILES string of the molecule is CCCCCCCCCCCC(=O)N[C@@H](CCC(=O)O)C(=O)O.[Na].[Na].[Na].[Na]. The number of carbonyl (C=O) groups excluding carboxylic acids is 1. The second-order valence-electron chi connectivity index (χ2n) is 5.97. The Labute approximate surface area is 252 Å². The van der Waals surface area contributed by atoms with Gasteiger partial charge in [0.2, 0.25) is 5.91 Å². The van der Waals surface area contributed by atoms with Crippen LogP contribution in [0.1, 0.15) is 84.0 Å². The number of rotatable bonds is 15. The third-order valence-electron chi connectivity index (χ3n) is 3.79. The molecule has 0 heterocycles. The summed E-state index contributed by atoms with van der Waals surface area (Å²) >= 11 is 0. The van der Waals surface area contributed by atoms with Gasteiger partial charge in [-0.3, -0.25) is 9.59 Å². The maximum Gasteiger partial charge on any atom is 0.326 e. The zero-order valence-corrected chi connectivity index (χ0v) is 26.2. The number of nitrogens with one attached hydrogen (secondary N) is 1. The van der Waals surface area contributed by atoms with E-state index in [2.05, 4.69) is 12.2 Å². The van der Waals surface area contributed by atoms with Gasteiger partial charge in [0, 0.05) is 131 Å². The van der Waals surface area contributed by atoms with E-state index in [9.17, 15) is 14.4 Å². The predicted octanol–water partition coefficient (Wildman–Crippen LogP) is 1.82. The van der Waals surface area contributed by atoms with Crippen LogP contribution in [0.3, 0.4) is 0 Å². The van der Waals surface area contributed by atoms with E-state index in [1.807, 2.05) is 0 Å². The predicted molar refractivity (Wildman–Crippen MR) is 111 cm³/mol. The van der Waals surface area contributed by atoms with Crippen molar-refractivity contribution < 1.29 is 24.6 Å². The first kappa shape index (κ1) is 39.8. The van der Waals surface area contributed by atoms with Crippen molar-refractivity contribution in [3.8, 4) is 0 Å². The molecule has 4 radical (unpaired) electrons. The Balaban J connectivity index is -0.000000403. The molecule has 0 aliphatic carbocycles. The molecule has 0 spiro atoms. The van der Waals surface area contributed by atoms with Crippen molar-refractivity contribution in [2.45, 2.75) is 90.0 Å². The second kappa shape index (κ2) is 28.4. The van der Waals surface area contributed by atoms with Crippen LogP contribution in [-0.4, -0.2) is 152 Å². The van der Waals surface area contributed by atoms with Crippen molar-refractivity contribution in [3.63, 3.8) is 0 Å². The quantitative estimate of drug-likeness (QED) is 0.276. The number of amides is 1. The van der Waals surface area contributed by atoms with Crippen molar-refractivity contribution in [2.24, 2.45) is 0 Å². The molecule has 6 nitrogen and oxygen atoms in total. The topological polar surface area (TPSA) is 104 Å². The number of carbonyl (C=O) groups is 3.